The van der Waals surface area contributed by atoms with Crippen molar-refractivity contribution >= 4 is 62.7 Å². The predicted octanol–water partition coefficient (Wildman–Crippen LogP) is 6.04. The summed E-state index contributed by atoms with van der Waals surface area (Å²) in [6, 6.07) is 17.9. The largest absolute Gasteiger partial charge is 0.459 e. The number of aromatic nitrogens is 2. The first-order valence-corrected chi connectivity index (χ1v) is 11.6. The molecule has 5 aromatic rings. The SMILES string of the molecule is Cc1oc2c(NC(=O)c3c(Cl)cccc3Cl)cccc2c1CC(=O)NCc1nc2ccccc2[nH]1. The van der Waals surface area contributed by atoms with Crippen LogP contribution >= 0.6 is 23.2 Å². The highest BCUT2D eigenvalue weighted by Gasteiger charge is 2.20. The number of aryl methyl sites for hydroxylation is 1. The summed E-state index contributed by atoms with van der Waals surface area (Å²) < 4.78 is 5.95. The molecule has 3 N–H and O–H groups in total. The number of para-hydroxylation sites is 3. The van der Waals surface area contributed by atoms with Crippen LogP contribution < -0.4 is 10.6 Å². The van der Waals surface area contributed by atoms with Crippen molar-refractivity contribution in [1.29, 1.82) is 0 Å². The minimum absolute atomic E-state index is 0.118. The minimum Gasteiger partial charge on any atom is -0.459 e. The van der Waals surface area contributed by atoms with Gasteiger partial charge in [0.05, 0.1) is 45.3 Å². The number of rotatable bonds is 6. The van der Waals surface area contributed by atoms with Gasteiger partial charge < -0.3 is 20.0 Å². The van der Waals surface area contributed by atoms with Crippen LogP contribution in [-0.4, -0.2) is 21.8 Å². The van der Waals surface area contributed by atoms with Gasteiger partial charge in [-0.05, 0) is 37.3 Å². The van der Waals surface area contributed by atoms with E-state index in [0.29, 0.717) is 22.9 Å². The van der Waals surface area contributed by atoms with Crippen LogP contribution in [0.2, 0.25) is 10.0 Å². The fourth-order valence-electron chi connectivity index (χ4n) is 4.00. The van der Waals surface area contributed by atoms with Crippen molar-refractivity contribution in [1.82, 2.24) is 15.3 Å². The van der Waals surface area contributed by atoms with Gasteiger partial charge in [0.2, 0.25) is 5.91 Å². The molecule has 0 atom stereocenters. The Balaban J connectivity index is 1.34. The Hall–Kier alpha value is -3.81. The molecule has 0 aliphatic carbocycles. The molecule has 176 valence electrons. The number of H-pyrrole nitrogens is 1. The number of carbonyl (C=O) groups excluding carboxylic acids is 2. The number of nitrogens with zero attached hydrogens (tertiary/aromatic N) is 1. The fourth-order valence-corrected chi connectivity index (χ4v) is 4.57. The molecule has 5 rings (SSSR count). The Morgan fingerprint density at radius 3 is 2.51 bits per heavy atom. The molecule has 0 radical (unpaired) electrons. The van der Waals surface area contributed by atoms with E-state index in [1.165, 1.54) is 0 Å². The summed E-state index contributed by atoms with van der Waals surface area (Å²) in [5.74, 6) is 0.647. The fraction of sp³-hybridized carbons (Fsp3) is 0.115. The second kappa shape index (κ2) is 9.44. The number of imidazole rings is 1. The van der Waals surface area contributed by atoms with Crippen LogP contribution in [0, 0.1) is 6.92 Å². The number of nitrogens with one attached hydrogen (secondary N) is 3. The topological polar surface area (TPSA) is 100 Å². The molecular weight excluding hydrogens is 487 g/mol. The highest BCUT2D eigenvalue weighted by Crippen LogP contribution is 2.33. The summed E-state index contributed by atoms with van der Waals surface area (Å²) in [7, 11) is 0. The van der Waals surface area contributed by atoms with Gasteiger partial charge in [-0.3, -0.25) is 9.59 Å². The molecule has 0 saturated carbocycles. The first-order chi connectivity index (χ1) is 16.9. The number of halogens is 2. The summed E-state index contributed by atoms with van der Waals surface area (Å²) in [5, 5.41) is 6.96. The van der Waals surface area contributed by atoms with Crippen LogP contribution in [0.15, 0.2) is 65.1 Å². The number of hydrogen-bond donors (Lipinski definition) is 3. The van der Waals surface area contributed by atoms with Crippen molar-refractivity contribution in [3.05, 3.63) is 93.4 Å². The van der Waals surface area contributed by atoms with Gasteiger partial charge in [0.25, 0.3) is 5.91 Å². The van der Waals surface area contributed by atoms with Crippen molar-refractivity contribution in [2.45, 2.75) is 19.9 Å². The second-order valence-electron chi connectivity index (χ2n) is 8.02. The average Bonchev–Trinajstić information content (AvgIpc) is 3.39. The third kappa shape index (κ3) is 4.60. The van der Waals surface area contributed by atoms with E-state index in [1.54, 1.807) is 37.3 Å². The van der Waals surface area contributed by atoms with Crippen LogP contribution in [0.25, 0.3) is 22.0 Å². The third-order valence-electron chi connectivity index (χ3n) is 5.69. The molecular formula is C26H20Cl2N4O3. The third-order valence-corrected chi connectivity index (χ3v) is 6.32. The standard InChI is InChI=1S/C26H20Cl2N4O3/c1-14-16(12-23(33)29-13-22-30-19-9-2-3-10-20(19)31-22)15-6-4-11-21(25(15)35-14)32-26(34)24-17(27)7-5-8-18(24)28/h2-11H,12-13H2,1H3,(H,29,33)(H,30,31)(H,32,34). The summed E-state index contributed by atoms with van der Waals surface area (Å²) in [6.07, 6.45) is 0.118. The lowest BCUT2D eigenvalue weighted by Crippen LogP contribution is -2.25. The maximum Gasteiger partial charge on any atom is 0.258 e. The van der Waals surface area contributed by atoms with Gasteiger partial charge in [-0.1, -0.05) is 53.5 Å². The van der Waals surface area contributed by atoms with E-state index in [2.05, 4.69) is 20.6 Å². The molecule has 3 aromatic carbocycles. The quantitative estimate of drug-likeness (QED) is 0.261. The molecule has 2 heterocycles. The van der Waals surface area contributed by atoms with Crippen molar-refractivity contribution in [3.63, 3.8) is 0 Å². The Labute approximate surface area is 210 Å². The van der Waals surface area contributed by atoms with Gasteiger partial charge in [0, 0.05) is 10.9 Å². The minimum atomic E-state index is -0.452. The molecule has 9 heteroatoms. The van der Waals surface area contributed by atoms with Gasteiger partial charge in [-0.25, -0.2) is 4.98 Å². The van der Waals surface area contributed by atoms with Gasteiger partial charge in [-0.2, -0.15) is 0 Å². The number of hydrogen-bond acceptors (Lipinski definition) is 4. The van der Waals surface area contributed by atoms with Crippen molar-refractivity contribution < 1.29 is 14.0 Å². The molecule has 2 aromatic heterocycles. The lowest BCUT2D eigenvalue weighted by atomic mass is 10.1. The normalized spacial score (nSPS) is 11.2. The molecule has 0 unspecified atom stereocenters. The first kappa shape index (κ1) is 23.0. The zero-order valence-electron chi connectivity index (χ0n) is 18.6. The Morgan fingerprint density at radius 1 is 1.00 bits per heavy atom. The van der Waals surface area contributed by atoms with E-state index in [0.717, 1.165) is 22.0 Å². The zero-order chi connectivity index (χ0) is 24.5. The van der Waals surface area contributed by atoms with Crippen molar-refractivity contribution in [2.75, 3.05) is 5.32 Å². The number of carbonyl (C=O) groups is 2. The van der Waals surface area contributed by atoms with Crippen LogP contribution in [-0.2, 0) is 17.8 Å². The van der Waals surface area contributed by atoms with Crippen LogP contribution in [0.5, 0.6) is 0 Å². The van der Waals surface area contributed by atoms with Crippen LogP contribution in [0.3, 0.4) is 0 Å². The van der Waals surface area contributed by atoms with Gasteiger partial charge in [0.15, 0.2) is 5.58 Å². The lowest BCUT2D eigenvalue weighted by molar-refractivity contribution is -0.120. The molecule has 0 saturated heterocycles. The summed E-state index contributed by atoms with van der Waals surface area (Å²) in [4.78, 5) is 33.3. The van der Waals surface area contributed by atoms with Gasteiger partial charge >= 0.3 is 0 Å². The van der Waals surface area contributed by atoms with Gasteiger partial charge in [0.1, 0.15) is 11.6 Å². The van der Waals surface area contributed by atoms with Crippen LogP contribution in [0.1, 0.15) is 27.5 Å². The number of amides is 2. The van der Waals surface area contributed by atoms with Crippen molar-refractivity contribution in [3.8, 4) is 0 Å². The summed E-state index contributed by atoms with van der Waals surface area (Å²) in [5.41, 5.74) is 3.62. The first-order valence-electron chi connectivity index (χ1n) is 10.9. The summed E-state index contributed by atoms with van der Waals surface area (Å²) >= 11 is 12.3. The monoisotopic (exact) mass is 506 g/mol. The van der Waals surface area contributed by atoms with Gasteiger partial charge in [-0.15, -0.1) is 0 Å². The maximum atomic E-state index is 12.9. The highest BCUT2D eigenvalue weighted by atomic mass is 35.5. The molecule has 0 spiro atoms. The number of fused-ring (bicyclic) bond motifs is 2. The lowest BCUT2D eigenvalue weighted by Gasteiger charge is -2.09. The molecule has 0 bridgehead atoms. The highest BCUT2D eigenvalue weighted by molar-refractivity contribution is 6.40. The van der Waals surface area contributed by atoms with E-state index in [-0.39, 0.29) is 34.5 Å². The maximum absolute atomic E-state index is 12.9. The molecule has 0 aliphatic rings. The predicted molar refractivity (Wildman–Crippen MR) is 137 cm³/mol. The van der Waals surface area contributed by atoms with E-state index in [9.17, 15) is 9.59 Å². The van der Waals surface area contributed by atoms with E-state index in [1.807, 2.05) is 30.3 Å². The van der Waals surface area contributed by atoms with Crippen molar-refractivity contribution in [2.24, 2.45) is 0 Å². The molecule has 35 heavy (non-hydrogen) atoms. The molecule has 2 amide bonds. The molecule has 0 fully saturated rings. The summed E-state index contributed by atoms with van der Waals surface area (Å²) in [6.45, 7) is 2.07. The Morgan fingerprint density at radius 2 is 1.74 bits per heavy atom. The smallest absolute Gasteiger partial charge is 0.258 e. The Kier molecular flexibility index (Phi) is 6.19. The average molecular weight is 507 g/mol. The van der Waals surface area contributed by atoms with E-state index >= 15 is 0 Å². The number of benzene rings is 3. The molecule has 7 nitrogen and oxygen atoms in total. The Bertz CT molecular complexity index is 1540. The number of furan rings is 1. The van der Waals surface area contributed by atoms with Crippen LogP contribution in [0.4, 0.5) is 5.69 Å². The van der Waals surface area contributed by atoms with E-state index < -0.39 is 5.91 Å². The second-order valence-corrected chi connectivity index (χ2v) is 8.84. The number of anilines is 1. The van der Waals surface area contributed by atoms with E-state index in [4.69, 9.17) is 27.6 Å². The number of aromatic amines is 1. The molecule has 0 aliphatic heterocycles. The zero-order valence-corrected chi connectivity index (χ0v) is 20.1.